The number of amides is 2. The molecule has 1 aliphatic heterocycles. The summed E-state index contributed by atoms with van der Waals surface area (Å²) in [6, 6.07) is 17.1. The SMILES string of the molecule is CCOc1cc(/C=C2\SC(=O)N(Cc3ccc(Br)cc3)C2=O)c(Br)cc1OCc1ccc(F)cc1. The summed E-state index contributed by atoms with van der Waals surface area (Å²) in [5.41, 5.74) is 2.35. The monoisotopic (exact) mass is 619 g/mol. The predicted octanol–water partition coefficient (Wildman–Crippen LogP) is 7.56. The number of thioether (sulfide) groups is 1. The minimum atomic E-state index is -0.343. The molecule has 0 atom stereocenters. The Morgan fingerprint density at radius 2 is 1.60 bits per heavy atom. The standard InChI is InChI=1S/C26H20Br2FNO4S/c1-2-33-22-11-18(21(28)13-23(22)34-15-17-5-9-20(29)10-6-17)12-24-25(31)30(26(32)35-24)14-16-3-7-19(27)8-4-16/h3-13H,2,14-15H2,1H3/b24-12-. The summed E-state index contributed by atoms with van der Waals surface area (Å²) in [7, 11) is 0. The van der Waals surface area contributed by atoms with Crippen molar-refractivity contribution in [3.63, 3.8) is 0 Å². The molecule has 2 amide bonds. The molecule has 0 N–H and O–H groups in total. The number of hydrogen-bond donors (Lipinski definition) is 0. The van der Waals surface area contributed by atoms with Gasteiger partial charge in [0.25, 0.3) is 11.1 Å². The number of ether oxygens (including phenoxy) is 2. The fraction of sp³-hybridized carbons (Fsp3) is 0.154. The van der Waals surface area contributed by atoms with Crippen molar-refractivity contribution in [1.82, 2.24) is 4.90 Å². The summed E-state index contributed by atoms with van der Waals surface area (Å²) in [4.78, 5) is 27.1. The average Bonchev–Trinajstić information content (AvgIpc) is 3.10. The van der Waals surface area contributed by atoms with Gasteiger partial charge in [-0.1, -0.05) is 56.1 Å². The molecule has 180 valence electrons. The molecular formula is C26H20Br2FNO4S. The van der Waals surface area contributed by atoms with Crippen LogP contribution < -0.4 is 9.47 Å². The van der Waals surface area contributed by atoms with Gasteiger partial charge < -0.3 is 9.47 Å². The minimum absolute atomic E-state index is 0.205. The van der Waals surface area contributed by atoms with Gasteiger partial charge in [0.1, 0.15) is 12.4 Å². The molecule has 35 heavy (non-hydrogen) atoms. The molecule has 0 aromatic heterocycles. The Kier molecular flexibility index (Phi) is 8.30. The third-order valence-electron chi connectivity index (χ3n) is 5.08. The normalized spacial score (nSPS) is 14.6. The molecular weight excluding hydrogens is 601 g/mol. The number of benzene rings is 3. The Labute approximate surface area is 223 Å². The molecule has 0 saturated carbocycles. The smallest absolute Gasteiger partial charge is 0.293 e. The fourth-order valence-electron chi connectivity index (χ4n) is 3.33. The Hall–Kier alpha value is -2.62. The van der Waals surface area contributed by atoms with Crippen LogP contribution in [0.3, 0.4) is 0 Å². The third kappa shape index (κ3) is 6.34. The van der Waals surface area contributed by atoms with E-state index in [0.717, 1.165) is 27.4 Å². The lowest BCUT2D eigenvalue weighted by Crippen LogP contribution is -2.27. The number of rotatable bonds is 8. The van der Waals surface area contributed by atoms with Crippen LogP contribution in [0.1, 0.15) is 23.6 Å². The second-order valence-corrected chi connectivity index (χ2v) is 10.3. The van der Waals surface area contributed by atoms with Crippen molar-refractivity contribution in [1.29, 1.82) is 0 Å². The molecule has 1 fully saturated rings. The Morgan fingerprint density at radius 1 is 0.943 bits per heavy atom. The van der Waals surface area contributed by atoms with Gasteiger partial charge in [-0.2, -0.15) is 0 Å². The summed E-state index contributed by atoms with van der Waals surface area (Å²) in [5.74, 6) is 0.350. The van der Waals surface area contributed by atoms with Crippen LogP contribution in [0.2, 0.25) is 0 Å². The van der Waals surface area contributed by atoms with Gasteiger partial charge in [0.2, 0.25) is 0 Å². The van der Waals surface area contributed by atoms with Gasteiger partial charge in [0, 0.05) is 8.95 Å². The zero-order valence-electron chi connectivity index (χ0n) is 18.6. The van der Waals surface area contributed by atoms with Crippen LogP contribution in [0.4, 0.5) is 9.18 Å². The first kappa shape index (κ1) is 25.5. The molecule has 9 heteroatoms. The quantitative estimate of drug-likeness (QED) is 0.243. The zero-order chi connectivity index (χ0) is 24.9. The van der Waals surface area contributed by atoms with Crippen molar-refractivity contribution in [2.75, 3.05) is 6.61 Å². The number of hydrogen-bond acceptors (Lipinski definition) is 5. The highest BCUT2D eigenvalue weighted by atomic mass is 79.9. The van der Waals surface area contributed by atoms with E-state index in [9.17, 15) is 14.0 Å². The fourth-order valence-corrected chi connectivity index (χ4v) is 4.86. The topological polar surface area (TPSA) is 55.8 Å². The van der Waals surface area contributed by atoms with Gasteiger partial charge in [-0.05, 0) is 77.9 Å². The summed E-state index contributed by atoms with van der Waals surface area (Å²) < 4.78 is 26.4. The zero-order valence-corrected chi connectivity index (χ0v) is 22.6. The largest absolute Gasteiger partial charge is 0.490 e. The van der Waals surface area contributed by atoms with Crippen molar-refractivity contribution in [2.45, 2.75) is 20.1 Å². The maximum absolute atomic E-state index is 13.2. The van der Waals surface area contributed by atoms with Gasteiger partial charge in [0.15, 0.2) is 11.5 Å². The summed E-state index contributed by atoms with van der Waals surface area (Å²) in [5, 5.41) is -0.315. The second kappa shape index (κ2) is 11.4. The molecule has 1 aliphatic rings. The molecule has 3 aromatic carbocycles. The van der Waals surface area contributed by atoms with E-state index in [1.807, 2.05) is 31.2 Å². The lowest BCUT2D eigenvalue weighted by Gasteiger charge is -2.14. The highest BCUT2D eigenvalue weighted by Crippen LogP contribution is 2.39. The maximum atomic E-state index is 13.2. The van der Waals surface area contributed by atoms with Crippen LogP contribution in [0.25, 0.3) is 6.08 Å². The van der Waals surface area contributed by atoms with Crippen LogP contribution in [0, 0.1) is 5.82 Å². The Balaban J connectivity index is 1.54. The number of nitrogens with zero attached hydrogens (tertiary/aromatic N) is 1. The molecule has 0 aliphatic carbocycles. The van der Waals surface area contributed by atoms with E-state index < -0.39 is 0 Å². The molecule has 0 unspecified atom stereocenters. The average molecular weight is 621 g/mol. The van der Waals surface area contributed by atoms with E-state index in [-0.39, 0.29) is 30.1 Å². The molecule has 0 radical (unpaired) electrons. The van der Waals surface area contributed by atoms with Gasteiger partial charge >= 0.3 is 0 Å². The molecule has 1 saturated heterocycles. The summed E-state index contributed by atoms with van der Waals surface area (Å²) in [6.07, 6.45) is 1.67. The predicted molar refractivity (Wildman–Crippen MR) is 142 cm³/mol. The van der Waals surface area contributed by atoms with E-state index in [0.29, 0.717) is 33.0 Å². The van der Waals surface area contributed by atoms with E-state index in [1.165, 1.54) is 17.0 Å². The van der Waals surface area contributed by atoms with Crippen LogP contribution in [-0.4, -0.2) is 22.7 Å². The second-order valence-electron chi connectivity index (χ2n) is 7.56. The number of carbonyl (C=O) groups is 2. The van der Waals surface area contributed by atoms with Crippen molar-refractivity contribution < 1.29 is 23.5 Å². The Bertz CT molecular complexity index is 1280. The van der Waals surface area contributed by atoms with Crippen LogP contribution in [-0.2, 0) is 17.9 Å². The van der Waals surface area contributed by atoms with Crippen LogP contribution in [0.15, 0.2) is 74.5 Å². The number of halogens is 3. The van der Waals surface area contributed by atoms with Gasteiger partial charge in [-0.3, -0.25) is 14.5 Å². The third-order valence-corrected chi connectivity index (χ3v) is 7.21. The number of imide groups is 1. The van der Waals surface area contributed by atoms with Gasteiger partial charge in [0.05, 0.1) is 18.1 Å². The molecule has 3 aromatic rings. The highest BCUT2D eigenvalue weighted by molar-refractivity contribution is 9.10. The van der Waals surface area contributed by atoms with Crippen molar-refractivity contribution >= 4 is 60.8 Å². The lowest BCUT2D eigenvalue weighted by atomic mass is 10.1. The molecule has 5 nitrogen and oxygen atoms in total. The first-order valence-electron chi connectivity index (χ1n) is 10.7. The number of carbonyl (C=O) groups excluding carboxylic acids is 2. The van der Waals surface area contributed by atoms with Crippen molar-refractivity contribution in [3.8, 4) is 11.5 Å². The van der Waals surface area contributed by atoms with E-state index in [1.54, 1.807) is 30.3 Å². The van der Waals surface area contributed by atoms with E-state index in [2.05, 4.69) is 31.9 Å². The first-order chi connectivity index (χ1) is 16.8. The molecule has 1 heterocycles. The molecule has 0 bridgehead atoms. The summed E-state index contributed by atoms with van der Waals surface area (Å²) in [6.45, 7) is 2.72. The van der Waals surface area contributed by atoms with Gasteiger partial charge in [-0.15, -0.1) is 0 Å². The van der Waals surface area contributed by atoms with E-state index in [4.69, 9.17) is 9.47 Å². The van der Waals surface area contributed by atoms with Crippen LogP contribution >= 0.6 is 43.6 Å². The molecule has 4 rings (SSSR count). The first-order valence-corrected chi connectivity index (χ1v) is 13.1. The maximum Gasteiger partial charge on any atom is 0.293 e. The van der Waals surface area contributed by atoms with E-state index >= 15 is 0 Å². The Morgan fingerprint density at radius 3 is 2.29 bits per heavy atom. The highest BCUT2D eigenvalue weighted by Gasteiger charge is 2.35. The minimum Gasteiger partial charge on any atom is -0.490 e. The van der Waals surface area contributed by atoms with Crippen LogP contribution in [0.5, 0.6) is 11.5 Å². The summed E-state index contributed by atoms with van der Waals surface area (Å²) >= 11 is 7.82. The lowest BCUT2D eigenvalue weighted by molar-refractivity contribution is -0.123. The molecule has 0 spiro atoms. The van der Waals surface area contributed by atoms with Gasteiger partial charge in [-0.25, -0.2) is 4.39 Å². The van der Waals surface area contributed by atoms with Crippen molar-refractivity contribution in [2.24, 2.45) is 0 Å². The van der Waals surface area contributed by atoms with Crippen molar-refractivity contribution in [3.05, 3.63) is 97.0 Å².